The summed E-state index contributed by atoms with van der Waals surface area (Å²) in [5.74, 6) is 0.518. The molecule has 0 aliphatic rings. The number of nitrogens with one attached hydrogen (secondary N) is 1. The number of methoxy groups -OCH3 is 1. The van der Waals surface area contributed by atoms with Gasteiger partial charge in [0, 0.05) is 18.7 Å². The molecule has 20 heavy (non-hydrogen) atoms. The smallest absolute Gasteiger partial charge is 0.224 e. The number of hydrogen-bond donors (Lipinski definition) is 2. The molecule has 1 aromatic carbocycles. The molecule has 0 atom stereocenters. The third-order valence-electron chi connectivity index (χ3n) is 2.58. The van der Waals surface area contributed by atoms with E-state index in [-0.39, 0.29) is 11.5 Å². The zero-order valence-corrected chi connectivity index (χ0v) is 12.7. The standard InChI is InChI=1S/C15H24N2O3/c1-15(2,3)20-9-5-6-14(18)17-12-10-11(16)7-8-13(12)19-4/h7-8,10H,5-6,9,16H2,1-4H3,(H,17,18). The Morgan fingerprint density at radius 2 is 2.05 bits per heavy atom. The highest BCUT2D eigenvalue weighted by Crippen LogP contribution is 2.26. The second-order valence-electron chi connectivity index (χ2n) is 5.57. The van der Waals surface area contributed by atoms with Crippen LogP contribution < -0.4 is 15.8 Å². The lowest BCUT2D eigenvalue weighted by Gasteiger charge is -2.19. The van der Waals surface area contributed by atoms with Crippen molar-refractivity contribution in [3.63, 3.8) is 0 Å². The highest BCUT2D eigenvalue weighted by atomic mass is 16.5. The van der Waals surface area contributed by atoms with Crippen LogP contribution >= 0.6 is 0 Å². The zero-order chi connectivity index (χ0) is 15.2. The number of nitrogens with two attached hydrogens (primary N) is 1. The van der Waals surface area contributed by atoms with Gasteiger partial charge in [-0.3, -0.25) is 4.79 Å². The summed E-state index contributed by atoms with van der Waals surface area (Å²) in [5.41, 5.74) is 6.70. The summed E-state index contributed by atoms with van der Waals surface area (Å²) in [7, 11) is 1.55. The maximum absolute atomic E-state index is 11.9. The van der Waals surface area contributed by atoms with E-state index in [2.05, 4.69) is 5.32 Å². The molecule has 3 N–H and O–H groups in total. The van der Waals surface area contributed by atoms with Gasteiger partial charge in [-0.1, -0.05) is 0 Å². The molecular weight excluding hydrogens is 256 g/mol. The lowest BCUT2D eigenvalue weighted by Crippen LogP contribution is -2.20. The van der Waals surface area contributed by atoms with E-state index in [9.17, 15) is 4.79 Å². The molecule has 5 heteroatoms. The summed E-state index contributed by atoms with van der Waals surface area (Å²) >= 11 is 0. The Morgan fingerprint density at radius 3 is 2.65 bits per heavy atom. The van der Waals surface area contributed by atoms with Crippen LogP contribution in [0.25, 0.3) is 0 Å². The molecule has 0 heterocycles. The van der Waals surface area contributed by atoms with Crippen LogP contribution in [0.1, 0.15) is 33.6 Å². The Kier molecular flexibility index (Phi) is 5.82. The lowest BCUT2D eigenvalue weighted by atomic mass is 10.2. The van der Waals surface area contributed by atoms with Gasteiger partial charge in [0.25, 0.3) is 0 Å². The first-order valence-corrected chi connectivity index (χ1v) is 6.69. The molecule has 0 aliphatic heterocycles. The van der Waals surface area contributed by atoms with E-state index >= 15 is 0 Å². The van der Waals surface area contributed by atoms with Gasteiger partial charge < -0.3 is 20.5 Å². The molecule has 0 unspecified atom stereocenters. The second-order valence-corrected chi connectivity index (χ2v) is 5.57. The molecule has 1 rings (SSSR count). The van der Waals surface area contributed by atoms with Crippen molar-refractivity contribution < 1.29 is 14.3 Å². The molecule has 0 saturated heterocycles. The van der Waals surface area contributed by atoms with Crippen molar-refractivity contribution in [3.05, 3.63) is 18.2 Å². The fraction of sp³-hybridized carbons (Fsp3) is 0.533. The molecule has 0 saturated carbocycles. The van der Waals surface area contributed by atoms with Gasteiger partial charge in [0.15, 0.2) is 0 Å². The van der Waals surface area contributed by atoms with Crippen LogP contribution in [0.15, 0.2) is 18.2 Å². The number of rotatable bonds is 6. The van der Waals surface area contributed by atoms with Crippen molar-refractivity contribution in [2.75, 3.05) is 24.8 Å². The monoisotopic (exact) mass is 280 g/mol. The van der Waals surface area contributed by atoms with Crippen molar-refractivity contribution in [2.24, 2.45) is 0 Å². The second kappa shape index (κ2) is 7.14. The highest BCUT2D eigenvalue weighted by Gasteiger charge is 2.11. The summed E-state index contributed by atoms with van der Waals surface area (Å²) in [6.45, 7) is 6.53. The Morgan fingerprint density at radius 1 is 1.35 bits per heavy atom. The molecule has 0 radical (unpaired) electrons. The largest absolute Gasteiger partial charge is 0.495 e. The minimum absolute atomic E-state index is 0.0774. The number of carbonyl (C=O) groups is 1. The van der Waals surface area contributed by atoms with Gasteiger partial charge in [-0.2, -0.15) is 0 Å². The lowest BCUT2D eigenvalue weighted by molar-refractivity contribution is -0.116. The van der Waals surface area contributed by atoms with Crippen molar-refractivity contribution in [1.29, 1.82) is 0 Å². The maximum atomic E-state index is 11.9. The van der Waals surface area contributed by atoms with Gasteiger partial charge in [-0.15, -0.1) is 0 Å². The highest BCUT2D eigenvalue weighted by molar-refractivity contribution is 5.92. The Bertz CT molecular complexity index is 453. The number of nitrogen functional groups attached to an aromatic ring is 1. The molecule has 0 aromatic heterocycles. The first kappa shape index (κ1) is 16.3. The molecule has 0 aliphatic carbocycles. The fourth-order valence-electron chi connectivity index (χ4n) is 1.65. The molecule has 112 valence electrons. The number of carbonyl (C=O) groups excluding carboxylic acids is 1. The third-order valence-corrected chi connectivity index (χ3v) is 2.58. The van der Waals surface area contributed by atoms with Crippen molar-refractivity contribution in [1.82, 2.24) is 0 Å². The van der Waals surface area contributed by atoms with Gasteiger partial charge in [0.1, 0.15) is 5.75 Å². The van der Waals surface area contributed by atoms with Crippen LogP contribution in [-0.2, 0) is 9.53 Å². The summed E-state index contributed by atoms with van der Waals surface area (Å²) in [5, 5.41) is 2.80. The van der Waals surface area contributed by atoms with Crippen LogP contribution in [-0.4, -0.2) is 25.2 Å². The van der Waals surface area contributed by atoms with Crippen LogP contribution in [0.4, 0.5) is 11.4 Å². The molecule has 0 bridgehead atoms. The maximum Gasteiger partial charge on any atom is 0.224 e. The molecule has 1 amide bonds. The summed E-state index contributed by atoms with van der Waals surface area (Å²) in [6.07, 6.45) is 1.07. The van der Waals surface area contributed by atoms with Crippen LogP contribution in [0.5, 0.6) is 5.75 Å². The van der Waals surface area contributed by atoms with Crippen LogP contribution in [0.2, 0.25) is 0 Å². The first-order chi connectivity index (χ1) is 9.31. The van der Waals surface area contributed by atoms with Crippen LogP contribution in [0, 0.1) is 0 Å². The van der Waals surface area contributed by atoms with E-state index in [4.69, 9.17) is 15.2 Å². The van der Waals surface area contributed by atoms with Crippen molar-refractivity contribution in [3.8, 4) is 5.75 Å². The number of anilines is 2. The third kappa shape index (κ3) is 5.93. The Labute approximate surface area is 120 Å². The minimum atomic E-state index is -0.173. The van der Waals surface area contributed by atoms with E-state index in [1.54, 1.807) is 25.3 Å². The summed E-state index contributed by atoms with van der Waals surface area (Å²) in [4.78, 5) is 11.9. The SMILES string of the molecule is COc1ccc(N)cc1NC(=O)CCCOC(C)(C)C. The zero-order valence-electron chi connectivity index (χ0n) is 12.7. The number of hydrogen-bond acceptors (Lipinski definition) is 4. The molecule has 0 fully saturated rings. The van der Waals surface area contributed by atoms with Gasteiger partial charge >= 0.3 is 0 Å². The predicted molar refractivity (Wildman–Crippen MR) is 81.0 cm³/mol. The average Bonchev–Trinajstić information content (AvgIpc) is 2.34. The Balaban J connectivity index is 2.44. The minimum Gasteiger partial charge on any atom is -0.495 e. The quantitative estimate of drug-likeness (QED) is 0.620. The van der Waals surface area contributed by atoms with Gasteiger partial charge in [-0.25, -0.2) is 0 Å². The average molecular weight is 280 g/mol. The van der Waals surface area contributed by atoms with Crippen molar-refractivity contribution in [2.45, 2.75) is 39.2 Å². The topological polar surface area (TPSA) is 73.6 Å². The summed E-state index contributed by atoms with van der Waals surface area (Å²) < 4.78 is 10.7. The van der Waals surface area contributed by atoms with Gasteiger partial charge in [-0.05, 0) is 45.4 Å². The fourth-order valence-corrected chi connectivity index (χ4v) is 1.65. The number of ether oxygens (including phenoxy) is 2. The van der Waals surface area contributed by atoms with Gasteiger partial charge in [0.05, 0.1) is 18.4 Å². The van der Waals surface area contributed by atoms with E-state index in [1.165, 1.54) is 0 Å². The van der Waals surface area contributed by atoms with E-state index < -0.39 is 0 Å². The van der Waals surface area contributed by atoms with E-state index in [1.807, 2.05) is 20.8 Å². The molecule has 1 aromatic rings. The molecule has 0 spiro atoms. The molecular formula is C15H24N2O3. The van der Waals surface area contributed by atoms with E-state index in [0.717, 1.165) is 0 Å². The van der Waals surface area contributed by atoms with E-state index in [0.29, 0.717) is 36.6 Å². The normalized spacial score (nSPS) is 11.2. The Hall–Kier alpha value is -1.75. The first-order valence-electron chi connectivity index (χ1n) is 6.69. The number of benzene rings is 1. The summed E-state index contributed by atoms with van der Waals surface area (Å²) in [6, 6.07) is 5.14. The molecule has 5 nitrogen and oxygen atoms in total. The number of amides is 1. The van der Waals surface area contributed by atoms with Gasteiger partial charge in [0.2, 0.25) is 5.91 Å². The van der Waals surface area contributed by atoms with Crippen molar-refractivity contribution >= 4 is 17.3 Å². The van der Waals surface area contributed by atoms with Crippen LogP contribution in [0.3, 0.4) is 0 Å². The predicted octanol–water partition coefficient (Wildman–Crippen LogP) is 2.81.